The maximum Gasteiger partial charge on any atom is 0.323 e. The first kappa shape index (κ1) is 17.7. The number of aromatic amines is 2. The van der Waals surface area contributed by atoms with Crippen molar-refractivity contribution in [1.29, 1.82) is 0 Å². The molecule has 0 aliphatic carbocycles. The van der Waals surface area contributed by atoms with Crippen molar-refractivity contribution in [2.45, 2.75) is 13.3 Å². The maximum absolute atomic E-state index is 12.3. The SMILES string of the molecule is CCCOc1cccc(C(=O)NC(=S)Nc2ccc3[nH]c(=O)[nH]c3c2)c1. The molecule has 1 heterocycles. The van der Waals surface area contributed by atoms with Crippen LogP contribution in [0, 0.1) is 0 Å². The van der Waals surface area contributed by atoms with Gasteiger partial charge in [0, 0.05) is 11.3 Å². The lowest BCUT2D eigenvalue weighted by atomic mass is 10.2. The highest BCUT2D eigenvalue weighted by Gasteiger charge is 2.09. The first-order chi connectivity index (χ1) is 12.5. The van der Waals surface area contributed by atoms with E-state index in [2.05, 4.69) is 20.6 Å². The van der Waals surface area contributed by atoms with Crippen LogP contribution in [0.15, 0.2) is 47.3 Å². The summed E-state index contributed by atoms with van der Waals surface area (Å²) in [5.41, 5.74) is 2.17. The standard InChI is InChI=1S/C18H18N4O3S/c1-2-8-25-13-5-3-4-11(9-13)16(23)22-18(26)19-12-6-7-14-15(10-12)21-17(24)20-14/h3-7,9-10H,2,8H2,1H3,(H2,20,21,24)(H2,19,22,23,26). The number of anilines is 1. The van der Waals surface area contributed by atoms with E-state index in [-0.39, 0.29) is 16.7 Å². The van der Waals surface area contributed by atoms with Crippen LogP contribution >= 0.6 is 12.2 Å². The van der Waals surface area contributed by atoms with Gasteiger partial charge in [-0.05, 0) is 55.0 Å². The molecule has 0 fully saturated rings. The van der Waals surface area contributed by atoms with Crippen molar-refractivity contribution in [3.63, 3.8) is 0 Å². The Labute approximate surface area is 154 Å². The van der Waals surface area contributed by atoms with E-state index in [9.17, 15) is 9.59 Å². The van der Waals surface area contributed by atoms with E-state index in [0.717, 1.165) is 6.42 Å². The fraction of sp³-hybridized carbons (Fsp3) is 0.167. The van der Waals surface area contributed by atoms with Gasteiger partial charge in [0.25, 0.3) is 5.91 Å². The van der Waals surface area contributed by atoms with Crippen LogP contribution in [0.3, 0.4) is 0 Å². The number of ether oxygens (including phenoxy) is 1. The lowest BCUT2D eigenvalue weighted by molar-refractivity contribution is 0.0977. The smallest absolute Gasteiger partial charge is 0.323 e. The molecule has 134 valence electrons. The minimum Gasteiger partial charge on any atom is -0.494 e. The molecule has 0 aliphatic rings. The van der Waals surface area contributed by atoms with Crippen molar-refractivity contribution in [3.8, 4) is 5.75 Å². The summed E-state index contributed by atoms with van der Waals surface area (Å²) in [5, 5.41) is 5.71. The molecule has 0 bridgehead atoms. The molecule has 26 heavy (non-hydrogen) atoms. The van der Waals surface area contributed by atoms with E-state index in [0.29, 0.717) is 34.6 Å². The highest BCUT2D eigenvalue weighted by molar-refractivity contribution is 7.80. The molecule has 3 rings (SSSR count). The summed E-state index contributed by atoms with van der Waals surface area (Å²) in [5.74, 6) is 0.306. The summed E-state index contributed by atoms with van der Waals surface area (Å²) in [7, 11) is 0. The number of fused-ring (bicyclic) bond motifs is 1. The van der Waals surface area contributed by atoms with Gasteiger partial charge >= 0.3 is 5.69 Å². The van der Waals surface area contributed by atoms with Crippen molar-refractivity contribution in [1.82, 2.24) is 15.3 Å². The van der Waals surface area contributed by atoms with E-state index in [1.807, 2.05) is 6.92 Å². The number of carbonyl (C=O) groups excluding carboxylic acids is 1. The fourth-order valence-corrected chi connectivity index (χ4v) is 2.61. The van der Waals surface area contributed by atoms with Crippen LogP contribution in [-0.4, -0.2) is 27.6 Å². The largest absolute Gasteiger partial charge is 0.494 e. The van der Waals surface area contributed by atoms with Crippen LogP contribution in [0.1, 0.15) is 23.7 Å². The first-order valence-corrected chi connectivity index (χ1v) is 8.53. The minimum absolute atomic E-state index is 0.159. The summed E-state index contributed by atoms with van der Waals surface area (Å²) >= 11 is 5.19. The Hall–Kier alpha value is -3.13. The molecule has 0 spiro atoms. The summed E-state index contributed by atoms with van der Waals surface area (Å²) < 4.78 is 5.53. The molecular weight excluding hydrogens is 352 g/mol. The molecule has 4 N–H and O–H groups in total. The van der Waals surface area contributed by atoms with Crippen LogP contribution < -0.4 is 21.1 Å². The van der Waals surface area contributed by atoms with Crippen molar-refractivity contribution in [2.24, 2.45) is 0 Å². The second-order valence-electron chi connectivity index (χ2n) is 5.62. The second-order valence-corrected chi connectivity index (χ2v) is 6.03. The molecule has 0 atom stereocenters. The molecule has 1 aromatic heterocycles. The number of carbonyl (C=O) groups is 1. The number of H-pyrrole nitrogens is 2. The van der Waals surface area contributed by atoms with Crippen LogP contribution in [0.25, 0.3) is 11.0 Å². The van der Waals surface area contributed by atoms with Gasteiger partial charge in [-0.2, -0.15) is 0 Å². The zero-order valence-electron chi connectivity index (χ0n) is 14.1. The molecule has 2 aromatic carbocycles. The quantitative estimate of drug-likeness (QED) is 0.518. The molecule has 1 amide bonds. The zero-order chi connectivity index (χ0) is 18.5. The number of rotatable bonds is 5. The average Bonchev–Trinajstić information content (AvgIpc) is 2.99. The summed E-state index contributed by atoms with van der Waals surface area (Å²) in [6, 6.07) is 12.1. The van der Waals surface area contributed by atoms with Gasteiger partial charge in [0.2, 0.25) is 0 Å². The predicted octanol–water partition coefficient (Wildman–Crippen LogP) is 2.77. The molecule has 8 heteroatoms. The van der Waals surface area contributed by atoms with E-state index in [1.54, 1.807) is 42.5 Å². The number of benzene rings is 2. The molecule has 0 unspecified atom stereocenters. The molecule has 7 nitrogen and oxygen atoms in total. The molecule has 3 aromatic rings. The van der Waals surface area contributed by atoms with E-state index in [4.69, 9.17) is 17.0 Å². The third-order valence-corrected chi connectivity index (χ3v) is 3.77. The van der Waals surface area contributed by atoms with Gasteiger partial charge in [-0.3, -0.25) is 10.1 Å². The third kappa shape index (κ3) is 4.28. The maximum atomic E-state index is 12.3. The Kier molecular flexibility index (Phi) is 5.33. The number of nitrogens with one attached hydrogen (secondary N) is 4. The van der Waals surface area contributed by atoms with Gasteiger partial charge in [-0.15, -0.1) is 0 Å². The fourth-order valence-electron chi connectivity index (χ4n) is 2.39. The highest BCUT2D eigenvalue weighted by Crippen LogP contribution is 2.15. The Morgan fingerprint density at radius 2 is 1.96 bits per heavy atom. The summed E-state index contributed by atoms with van der Waals surface area (Å²) in [6.07, 6.45) is 0.890. The third-order valence-electron chi connectivity index (χ3n) is 3.57. The second kappa shape index (κ2) is 7.83. The summed E-state index contributed by atoms with van der Waals surface area (Å²) in [4.78, 5) is 29.0. The van der Waals surface area contributed by atoms with E-state index >= 15 is 0 Å². The van der Waals surface area contributed by atoms with Gasteiger partial charge in [0.05, 0.1) is 17.6 Å². The Morgan fingerprint density at radius 3 is 2.77 bits per heavy atom. The molecule has 0 saturated heterocycles. The molecule has 0 radical (unpaired) electrons. The Balaban J connectivity index is 1.64. The van der Waals surface area contributed by atoms with E-state index in [1.165, 1.54) is 0 Å². The van der Waals surface area contributed by atoms with Crippen LogP contribution in [0.2, 0.25) is 0 Å². The number of thiocarbonyl (C=S) groups is 1. The van der Waals surface area contributed by atoms with Crippen molar-refractivity contribution in [2.75, 3.05) is 11.9 Å². The number of hydrogen-bond acceptors (Lipinski definition) is 4. The number of hydrogen-bond donors (Lipinski definition) is 4. The van der Waals surface area contributed by atoms with Crippen molar-refractivity contribution in [3.05, 3.63) is 58.5 Å². The van der Waals surface area contributed by atoms with Crippen molar-refractivity contribution >= 4 is 40.0 Å². The van der Waals surface area contributed by atoms with Gasteiger partial charge in [0.1, 0.15) is 5.75 Å². The van der Waals surface area contributed by atoms with Crippen LogP contribution in [0.5, 0.6) is 5.75 Å². The normalized spacial score (nSPS) is 10.5. The lowest BCUT2D eigenvalue weighted by Crippen LogP contribution is -2.34. The zero-order valence-corrected chi connectivity index (χ0v) is 14.9. The van der Waals surface area contributed by atoms with Gasteiger partial charge in [0.15, 0.2) is 5.11 Å². The number of aromatic nitrogens is 2. The first-order valence-electron chi connectivity index (χ1n) is 8.12. The predicted molar refractivity (Wildman–Crippen MR) is 105 cm³/mol. The Bertz CT molecular complexity index is 1010. The van der Waals surface area contributed by atoms with Gasteiger partial charge < -0.3 is 20.0 Å². The van der Waals surface area contributed by atoms with Crippen LogP contribution in [-0.2, 0) is 0 Å². The van der Waals surface area contributed by atoms with E-state index < -0.39 is 0 Å². The Morgan fingerprint density at radius 1 is 1.15 bits per heavy atom. The molecular formula is C18H18N4O3S. The number of imidazole rings is 1. The summed E-state index contributed by atoms with van der Waals surface area (Å²) in [6.45, 7) is 2.61. The van der Waals surface area contributed by atoms with Gasteiger partial charge in [-0.25, -0.2) is 4.79 Å². The van der Waals surface area contributed by atoms with Crippen molar-refractivity contribution < 1.29 is 9.53 Å². The monoisotopic (exact) mass is 370 g/mol. The minimum atomic E-state index is -0.333. The molecule has 0 aliphatic heterocycles. The highest BCUT2D eigenvalue weighted by atomic mass is 32.1. The lowest BCUT2D eigenvalue weighted by Gasteiger charge is -2.10. The number of amides is 1. The average molecular weight is 370 g/mol. The topological polar surface area (TPSA) is 99.0 Å². The van der Waals surface area contributed by atoms with Gasteiger partial charge in [-0.1, -0.05) is 13.0 Å². The van der Waals surface area contributed by atoms with Crippen LogP contribution in [0.4, 0.5) is 5.69 Å². The molecule has 0 saturated carbocycles.